The molecule has 0 aromatic heterocycles. The number of anilines is 1. The van der Waals surface area contributed by atoms with Gasteiger partial charge in [0.15, 0.2) is 0 Å². The maximum Gasteiger partial charge on any atom is 0.301 e. The van der Waals surface area contributed by atoms with E-state index in [9.17, 15) is 12.8 Å². The first-order valence-electron chi connectivity index (χ1n) is 6.80. The number of nitrogens with zero attached hydrogens (tertiary/aromatic N) is 1. The highest BCUT2D eigenvalue weighted by Crippen LogP contribution is 2.26. The van der Waals surface area contributed by atoms with Gasteiger partial charge in [0.1, 0.15) is 5.82 Å². The summed E-state index contributed by atoms with van der Waals surface area (Å²) in [5.41, 5.74) is 0.215. The quantitative estimate of drug-likeness (QED) is 0.823. The van der Waals surface area contributed by atoms with Crippen LogP contribution in [0.15, 0.2) is 22.7 Å². The van der Waals surface area contributed by atoms with Crippen molar-refractivity contribution in [1.82, 2.24) is 9.62 Å². The maximum atomic E-state index is 13.2. The van der Waals surface area contributed by atoms with E-state index in [1.165, 1.54) is 16.4 Å². The van der Waals surface area contributed by atoms with Crippen molar-refractivity contribution in [2.75, 3.05) is 31.4 Å². The minimum Gasteiger partial charge on any atom is -0.319 e. The first-order valence-corrected chi connectivity index (χ1v) is 9.03. The molecule has 0 saturated carbocycles. The first kappa shape index (κ1) is 16.7. The van der Waals surface area contributed by atoms with Crippen LogP contribution in [0.5, 0.6) is 0 Å². The molecular formula is C13H19BrFN3O2S. The molecule has 21 heavy (non-hydrogen) atoms. The predicted octanol–water partition coefficient (Wildman–Crippen LogP) is 2.18. The van der Waals surface area contributed by atoms with Crippen LogP contribution in [0, 0.1) is 11.7 Å². The molecule has 0 spiro atoms. The van der Waals surface area contributed by atoms with Gasteiger partial charge in [-0.1, -0.05) is 0 Å². The molecule has 0 bridgehead atoms. The fraction of sp³-hybridized carbons (Fsp3) is 0.538. The Morgan fingerprint density at radius 1 is 1.38 bits per heavy atom. The lowest BCUT2D eigenvalue weighted by Gasteiger charge is -2.31. The number of hydrogen-bond donors (Lipinski definition) is 2. The molecule has 1 aromatic rings. The van der Waals surface area contributed by atoms with Crippen LogP contribution < -0.4 is 10.0 Å². The lowest BCUT2D eigenvalue weighted by Crippen LogP contribution is -2.43. The summed E-state index contributed by atoms with van der Waals surface area (Å²) in [4.78, 5) is 0. The van der Waals surface area contributed by atoms with Crippen molar-refractivity contribution in [3.8, 4) is 0 Å². The number of hydrogen-bond acceptors (Lipinski definition) is 3. The van der Waals surface area contributed by atoms with Crippen LogP contribution in [0.3, 0.4) is 0 Å². The van der Waals surface area contributed by atoms with Crippen molar-refractivity contribution in [1.29, 1.82) is 0 Å². The van der Waals surface area contributed by atoms with Crippen LogP contribution in [0.4, 0.5) is 10.1 Å². The third kappa shape index (κ3) is 4.38. The minimum absolute atomic E-state index is 0.215. The van der Waals surface area contributed by atoms with Gasteiger partial charge in [-0.05, 0) is 66.5 Å². The topological polar surface area (TPSA) is 61.4 Å². The summed E-state index contributed by atoms with van der Waals surface area (Å²) < 4.78 is 42.3. The van der Waals surface area contributed by atoms with Crippen LogP contribution in [-0.4, -0.2) is 39.4 Å². The van der Waals surface area contributed by atoms with Crippen LogP contribution in [0.25, 0.3) is 0 Å². The monoisotopic (exact) mass is 379 g/mol. The zero-order valence-corrected chi connectivity index (χ0v) is 14.2. The van der Waals surface area contributed by atoms with Crippen molar-refractivity contribution < 1.29 is 12.8 Å². The summed E-state index contributed by atoms with van der Waals surface area (Å²) in [6.07, 6.45) is 1.65. The molecule has 118 valence electrons. The highest BCUT2D eigenvalue weighted by molar-refractivity contribution is 9.10. The highest BCUT2D eigenvalue weighted by Gasteiger charge is 2.28. The van der Waals surface area contributed by atoms with Gasteiger partial charge >= 0.3 is 10.2 Å². The third-order valence-electron chi connectivity index (χ3n) is 3.57. The van der Waals surface area contributed by atoms with E-state index in [0.29, 0.717) is 23.5 Å². The number of nitrogens with one attached hydrogen (secondary N) is 2. The molecular weight excluding hydrogens is 361 g/mol. The van der Waals surface area contributed by atoms with Gasteiger partial charge in [0.05, 0.1) is 5.69 Å². The van der Waals surface area contributed by atoms with Gasteiger partial charge in [0.2, 0.25) is 0 Å². The summed E-state index contributed by atoms with van der Waals surface area (Å²) in [7, 11) is -1.75. The molecule has 0 radical (unpaired) electrons. The van der Waals surface area contributed by atoms with Gasteiger partial charge in [-0.3, -0.25) is 4.72 Å². The maximum absolute atomic E-state index is 13.2. The van der Waals surface area contributed by atoms with Crippen LogP contribution in [0.2, 0.25) is 0 Å². The van der Waals surface area contributed by atoms with E-state index in [4.69, 9.17) is 0 Å². The van der Waals surface area contributed by atoms with E-state index >= 15 is 0 Å². The normalized spacial score (nSPS) is 17.9. The Balaban J connectivity index is 2.04. The average Bonchev–Trinajstić information content (AvgIpc) is 2.44. The molecule has 8 heteroatoms. The SMILES string of the molecule is CNCC1CCN(S(=O)(=O)Nc2cc(F)ccc2Br)CC1. The van der Waals surface area contributed by atoms with E-state index in [-0.39, 0.29) is 5.69 Å². The van der Waals surface area contributed by atoms with Gasteiger partial charge in [-0.15, -0.1) is 0 Å². The van der Waals surface area contributed by atoms with E-state index in [2.05, 4.69) is 26.0 Å². The molecule has 2 N–H and O–H groups in total. The summed E-state index contributed by atoms with van der Waals surface area (Å²) in [6, 6.07) is 3.91. The fourth-order valence-electron chi connectivity index (χ4n) is 2.42. The van der Waals surface area contributed by atoms with Crippen molar-refractivity contribution in [3.63, 3.8) is 0 Å². The lowest BCUT2D eigenvalue weighted by atomic mass is 9.98. The molecule has 5 nitrogen and oxygen atoms in total. The first-order chi connectivity index (χ1) is 9.92. The van der Waals surface area contributed by atoms with E-state index < -0.39 is 16.0 Å². The molecule has 2 rings (SSSR count). The van der Waals surface area contributed by atoms with Crippen LogP contribution in [-0.2, 0) is 10.2 Å². The van der Waals surface area contributed by atoms with Gasteiger partial charge in [-0.25, -0.2) is 4.39 Å². The van der Waals surface area contributed by atoms with E-state index in [1.54, 1.807) is 0 Å². The van der Waals surface area contributed by atoms with Crippen molar-refractivity contribution >= 4 is 31.8 Å². The Hall–Kier alpha value is -0.700. The standard InChI is InChI=1S/C13H19BrFN3O2S/c1-16-9-10-4-6-18(7-5-10)21(19,20)17-13-8-11(15)2-3-12(13)14/h2-3,8,10,16-17H,4-7,9H2,1H3. The molecule has 1 aliphatic heterocycles. The second-order valence-electron chi connectivity index (χ2n) is 5.13. The van der Waals surface area contributed by atoms with E-state index in [0.717, 1.165) is 25.5 Å². The Bertz CT molecular complexity index is 589. The van der Waals surface area contributed by atoms with Crippen LogP contribution in [0.1, 0.15) is 12.8 Å². The molecule has 1 aliphatic rings. The van der Waals surface area contributed by atoms with Gasteiger partial charge in [0, 0.05) is 17.6 Å². The summed E-state index contributed by atoms with van der Waals surface area (Å²) in [5, 5.41) is 3.11. The van der Waals surface area contributed by atoms with E-state index in [1.807, 2.05) is 7.05 Å². The Morgan fingerprint density at radius 2 is 2.05 bits per heavy atom. The minimum atomic E-state index is -3.65. The smallest absolute Gasteiger partial charge is 0.301 e. The lowest BCUT2D eigenvalue weighted by molar-refractivity contribution is 0.272. The Morgan fingerprint density at radius 3 is 2.67 bits per heavy atom. The summed E-state index contributed by atoms with van der Waals surface area (Å²) >= 11 is 3.22. The molecule has 0 aliphatic carbocycles. The Kier molecular flexibility index (Phi) is 5.59. The molecule has 1 aromatic carbocycles. The number of rotatable bonds is 5. The molecule has 1 saturated heterocycles. The second-order valence-corrected chi connectivity index (χ2v) is 7.66. The van der Waals surface area contributed by atoms with Crippen LogP contribution >= 0.6 is 15.9 Å². The molecule has 1 fully saturated rings. The highest BCUT2D eigenvalue weighted by atomic mass is 79.9. The largest absolute Gasteiger partial charge is 0.319 e. The third-order valence-corrected chi connectivity index (χ3v) is 5.79. The zero-order valence-electron chi connectivity index (χ0n) is 11.8. The van der Waals surface area contributed by atoms with Crippen molar-refractivity contribution in [2.24, 2.45) is 5.92 Å². The molecule has 0 unspecified atom stereocenters. The average molecular weight is 380 g/mol. The number of piperidine rings is 1. The molecule has 0 amide bonds. The number of halogens is 2. The predicted molar refractivity (Wildman–Crippen MR) is 84.9 cm³/mol. The number of benzene rings is 1. The molecule has 0 atom stereocenters. The zero-order chi connectivity index (χ0) is 15.5. The van der Waals surface area contributed by atoms with Gasteiger partial charge in [-0.2, -0.15) is 12.7 Å². The Labute approximate surface area is 133 Å². The van der Waals surface area contributed by atoms with Gasteiger partial charge < -0.3 is 5.32 Å². The second kappa shape index (κ2) is 7.04. The van der Waals surface area contributed by atoms with Crippen molar-refractivity contribution in [2.45, 2.75) is 12.8 Å². The fourth-order valence-corrected chi connectivity index (χ4v) is 4.17. The van der Waals surface area contributed by atoms with Gasteiger partial charge in [0.25, 0.3) is 0 Å². The summed E-state index contributed by atoms with van der Waals surface area (Å²) in [5.74, 6) is 0.0194. The molecule has 1 heterocycles. The summed E-state index contributed by atoms with van der Waals surface area (Å²) in [6.45, 7) is 1.86. The van der Waals surface area contributed by atoms with Crippen molar-refractivity contribution in [3.05, 3.63) is 28.5 Å².